The third-order valence-corrected chi connectivity index (χ3v) is 5.51. The van der Waals surface area contributed by atoms with Crippen molar-refractivity contribution in [2.24, 2.45) is 0 Å². The summed E-state index contributed by atoms with van der Waals surface area (Å²) >= 11 is 4.93. The van der Waals surface area contributed by atoms with E-state index >= 15 is 0 Å². The molecule has 0 atom stereocenters. The van der Waals surface area contributed by atoms with E-state index in [2.05, 4.69) is 41.5 Å². The van der Waals surface area contributed by atoms with Crippen molar-refractivity contribution in [3.8, 4) is 5.88 Å². The second-order valence-electron chi connectivity index (χ2n) is 6.04. The summed E-state index contributed by atoms with van der Waals surface area (Å²) < 4.78 is 5.76. The van der Waals surface area contributed by atoms with Crippen LogP contribution in [0.5, 0.6) is 5.88 Å². The average molecular weight is 434 g/mol. The molecule has 1 fully saturated rings. The van der Waals surface area contributed by atoms with Gasteiger partial charge in [0.2, 0.25) is 5.88 Å². The molecule has 2 N–H and O–H groups in total. The molecule has 3 heterocycles. The Bertz CT molecular complexity index is 1000. The Morgan fingerprint density at radius 3 is 2.81 bits per heavy atom. The van der Waals surface area contributed by atoms with Crippen LogP contribution in [0.25, 0.3) is 10.3 Å². The molecule has 1 aliphatic carbocycles. The molecule has 134 valence electrons. The topological polar surface area (TPSA) is 89.0 Å². The van der Waals surface area contributed by atoms with Gasteiger partial charge in [0.1, 0.15) is 10.3 Å². The smallest absolute Gasteiger partial charge is 0.323 e. The van der Waals surface area contributed by atoms with E-state index in [1.807, 2.05) is 6.92 Å². The van der Waals surface area contributed by atoms with Gasteiger partial charge in [0, 0.05) is 5.56 Å². The molecule has 0 radical (unpaired) electrons. The maximum Gasteiger partial charge on any atom is 0.323 e. The van der Waals surface area contributed by atoms with Crippen molar-refractivity contribution in [3.63, 3.8) is 0 Å². The molecule has 0 saturated heterocycles. The lowest BCUT2D eigenvalue weighted by Crippen LogP contribution is -2.20. The number of halogens is 1. The molecule has 1 aliphatic rings. The minimum Gasteiger partial charge on any atom is -0.480 e. The van der Waals surface area contributed by atoms with E-state index in [0.29, 0.717) is 27.6 Å². The monoisotopic (exact) mass is 433 g/mol. The second-order valence-corrected chi connectivity index (χ2v) is 8.08. The number of nitrogens with zero attached hydrogens (tertiary/aromatic N) is 3. The number of ether oxygens (including phenoxy) is 1. The normalized spacial score (nSPS) is 13.7. The summed E-state index contributed by atoms with van der Waals surface area (Å²) in [6.07, 6.45) is 5.48. The second kappa shape index (κ2) is 6.81. The van der Waals surface area contributed by atoms with Gasteiger partial charge in [-0.05, 0) is 47.7 Å². The number of pyridine rings is 2. The van der Waals surface area contributed by atoms with Crippen LogP contribution in [-0.4, -0.2) is 28.1 Å². The number of carbonyl (C=O) groups excluding carboxylic acids is 1. The summed E-state index contributed by atoms with van der Waals surface area (Å²) in [5, 5.41) is 6.66. The van der Waals surface area contributed by atoms with Gasteiger partial charge in [0.05, 0.1) is 40.4 Å². The van der Waals surface area contributed by atoms with Crippen LogP contribution in [0.2, 0.25) is 0 Å². The third-order valence-electron chi connectivity index (χ3n) is 4.06. The number of rotatable bonds is 4. The Balaban J connectivity index is 1.58. The lowest BCUT2D eigenvalue weighted by atomic mass is 10.1. The quantitative estimate of drug-likeness (QED) is 0.622. The molecule has 2 amide bonds. The molecule has 7 nitrogen and oxygen atoms in total. The van der Waals surface area contributed by atoms with Crippen molar-refractivity contribution in [2.75, 3.05) is 17.7 Å². The molecule has 0 unspecified atom stereocenters. The summed E-state index contributed by atoms with van der Waals surface area (Å²) in [6, 6.07) is 1.39. The van der Waals surface area contributed by atoms with Crippen molar-refractivity contribution in [3.05, 3.63) is 33.5 Å². The van der Waals surface area contributed by atoms with E-state index < -0.39 is 0 Å². The minimum absolute atomic E-state index is 0.348. The number of hydrogen-bond donors (Lipinski definition) is 2. The number of amides is 2. The number of thiazole rings is 1. The van der Waals surface area contributed by atoms with Gasteiger partial charge in [-0.1, -0.05) is 11.3 Å². The zero-order valence-electron chi connectivity index (χ0n) is 14.2. The highest BCUT2D eigenvalue weighted by Gasteiger charge is 2.30. The standard InChI is InChI=1S/C17H16BrN5O2S/c1-8-21-14-13(9-3-4-9)12(7-20-16(14)26-8)23-17(24)22-10-5-11(18)15(25-2)19-6-10/h5-7,9H,3-4H2,1-2H3,(H2,22,23,24). The van der Waals surface area contributed by atoms with Gasteiger partial charge in [-0.15, -0.1) is 0 Å². The molecule has 3 aromatic rings. The van der Waals surface area contributed by atoms with E-state index in [1.165, 1.54) is 13.3 Å². The molecule has 0 spiro atoms. The van der Waals surface area contributed by atoms with Gasteiger partial charge in [0.15, 0.2) is 0 Å². The first-order valence-corrected chi connectivity index (χ1v) is 9.69. The number of nitrogens with one attached hydrogen (secondary N) is 2. The number of carbonyl (C=O) groups is 1. The Morgan fingerprint density at radius 2 is 2.12 bits per heavy atom. The highest BCUT2D eigenvalue weighted by molar-refractivity contribution is 9.10. The van der Waals surface area contributed by atoms with Gasteiger partial charge in [-0.3, -0.25) is 0 Å². The molecule has 4 rings (SSSR count). The van der Waals surface area contributed by atoms with Gasteiger partial charge < -0.3 is 15.4 Å². The van der Waals surface area contributed by atoms with E-state index in [1.54, 1.807) is 23.6 Å². The molecule has 1 saturated carbocycles. The number of methoxy groups -OCH3 is 1. The number of urea groups is 1. The molecule has 0 bridgehead atoms. The van der Waals surface area contributed by atoms with Crippen LogP contribution in [0.15, 0.2) is 22.9 Å². The van der Waals surface area contributed by atoms with E-state index in [0.717, 1.165) is 33.8 Å². The minimum atomic E-state index is -0.348. The number of aryl methyl sites for hydroxylation is 1. The van der Waals surface area contributed by atoms with Crippen molar-refractivity contribution in [1.82, 2.24) is 15.0 Å². The molecule has 0 aromatic carbocycles. The SMILES string of the molecule is COc1ncc(NC(=O)Nc2cnc3sc(C)nc3c2C2CC2)cc1Br. The summed E-state index contributed by atoms with van der Waals surface area (Å²) in [5.74, 6) is 0.898. The molecule has 0 aliphatic heterocycles. The summed E-state index contributed by atoms with van der Waals surface area (Å²) in [5.41, 5.74) is 3.26. The predicted octanol–water partition coefficient (Wildman–Crippen LogP) is 4.69. The highest BCUT2D eigenvalue weighted by atomic mass is 79.9. The van der Waals surface area contributed by atoms with E-state index in [4.69, 9.17) is 4.74 Å². The molecule has 3 aromatic heterocycles. The lowest BCUT2D eigenvalue weighted by molar-refractivity contribution is 0.262. The summed E-state index contributed by atoms with van der Waals surface area (Å²) in [4.78, 5) is 26.5. The van der Waals surface area contributed by atoms with Gasteiger partial charge >= 0.3 is 6.03 Å². The van der Waals surface area contributed by atoms with Crippen LogP contribution >= 0.6 is 27.3 Å². The van der Waals surface area contributed by atoms with Crippen LogP contribution in [0.1, 0.15) is 29.3 Å². The van der Waals surface area contributed by atoms with Crippen molar-refractivity contribution < 1.29 is 9.53 Å². The number of fused-ring (bicyclic) bond motifs is 1. The largest absolute Gasteiger partial charge is 0.480 e. The fraction of sp³-hybridized carbons (Fsp3) is 0.294. The van der Waals surface area contributed by atoms with Gasteiger partial charge in [0.25, 0.3) is 0 Å². The molecular formula is C17H16BrN5O2S. The Kier molecular flexibility index (Phi) is 4.49. The fourth-order valence-electron chi connectivity index (χ4n) is 2.81. The van der Waals surface area contributed by atoms with Crippen molar-refractivity contribution in [2.45, 2.75) is 25.7 Å². The summed E-state index contributed by atoms with van der Waals surface area (Å²) in [6.45, 7) is 1.97. The van der Waals surface area contributed by atoms with E-state index in [9.17, 15) is 4.79 Å². The first-order chi connectivity index (χ1) is 12.5. The summed E-state index contributed by atoms with van der Waals surface area (Å²) in [7, 11) is 1.54. The zero-order valence-corrected chi connectivity index (χ0v) is 16.6. The van der Waals surface area contributed by atoms with Crippen LogP contribution in [0.3, 0.4) is 0 Å². The van der Waals surface area contributed by atoms with Crippen LogP contribution in [0.4, 0.5) is 16.2 Å². The van der Waals surface area contributed by atoms with Gasteiger partial charge in [-0.2, -0.15) is 0 Å². The first kappa shape index (κ1) is 17.2. The molecular weight excluding hydrogens is 418 g/mol. The maximum absolute atomic E-state index is 12.4. The number of hydrogen-bond acceptors (Lipinski definition) is 6. The first-order valence-electron chi connectivity index (χ1n) is 8.08. The van der Waals surface area contributed by atoms with Crippen LogP contribution < -0.4 is 15.4 Å². The Morgan fingerprint density at radius 1 is 1.31 bits per heavy atom. The molecule has 26 heavy (non-hydrogen) atoms. The van der Waals surface area contributed by atoms with Crippen LogP contribution in [-0.2, 0) is 0 Å². The van der Waals surface area contributed by atoms with Crippen molar-refractivity contribution >= 4 is 55.0 Å². The van der Waals surface area contributed by atoms with Gasteiger partial charge in [-0.25, -0.2) is 19.7 Å². The fourth-order valence-corrected chi connectivity index (χ4v) is 4.10. The number of aromatic nitrogens is 3. The number of anilines is 2. The average Bonchev–Trinajstić information content (AvgIpc) is 3.35. The zero-order chi connectivity index (χ0) is 18.3. The lowest BCUT2D eigenvalue weighted by Gasteiger charge is -2.12. The Hall–Kier alpha value is -2.26. The Labute approximate surface area is 162 Å². The predicted molar refractivity (Wildman–Crippen MR) is 105 cm³/mol. The van der Waals surface area contributed by atoms with E-state index in [-0.39, 0.29) is 6.03 Å². The van der Waals surface area contributed by atoms with Crippen LogP contribution in [0, 0.1) is 6.92 Å². The molecule has 9 heteroatoms. The third kappa shape index (κ3) is 3.36. The maximum atomic E-state index is 12.4. The van der Waals surface area contributed by atoms with Crippen molar-refractivity contribution in [1.29, 1.82) is 0 Å². The highest BCUT2D eigenvalue weighted by Crippen LogP contribution is 2.46.